The first kappa shape index (κ1) is 22.7. The number of benzene rings is 7. The Bertz CT molecular complexity index is 2210. The molecule has 0 aliphatic carbocycles. The van der Waals surface area contributed by atoms with Gasteiger partial charge in [-0.15, -0.1) is 0 Å². The van der Waals surface area contributed by atoms with Crippen LogP contribution in [-0.2, 0) is 0 Å². The number of nitrogens with zero attached hydrogens (tertiary/aromatic N) is 1. The Balaban J connectivity index is 1.51. The summed E-state index contributed by atoms with van der Waals surface area (Å²) in [5.41, 5.74) is 7.34. The standard InChI is InChI=1S/C39H25N/c1-2-8-26(9-3-1)31-18-19-34-36(24-31)38(32-16-14-27-10-4-6-12-29(27)22-32)35-20-21-40-25-37(35)39(34)33-17-15-28-11-5-7-13-30(28)23-33/h1-25H. The Kier molecular flexibility index (Phi) is 5.21. The third-order valence-corrected chi connectivity index (χ3v) is 8.10. The van der Waals surface area contributed by atoms with Crippen molar-refractivity contribution in [2.75, 3.05) is 0 Å². The molecule has 0 bridgehead atoms. The number of hydrogen-bond acceptors (Lipinski definition) is 1. The minimum atomic E-state index is 1.17. The van der Waals surface area contributed by atoms with E-state index in [1.165, 1.54) is 76.5 Å². The lowest BCUT2D eigenvalue weighted by Gasteiger charge is -2.19. The average Bonchev–Trinajstić information content (AvgIpc) is 3.03. The molecule has 0 atom stereocenters. The molecule has 8 aromatic rings. The molecule has 0 aliphatic rings. The molecule has 0 spiro atoms. The topological polar surface area (TPSA) is 12.9 Å². The van der Waals surface area contributed by atoms with Gasteiger partial charge in [0.05, 0.1) is 0 Å². The predicted octanol–water partition coefficient (Wildman–Crippen LogP) is 10.7. The molecule has 186 valence electrons. The van der Waals surface area contributed by atoms with Crippen molar-refractivity contribution in [1.29, 1.82) is 0 Å². The zero-order valence-corrected chi connectivity index (χ0v) is 21.9. The van der Waals surface area contributed by atoms with E-state index >= 15 is 0 Å². The molecule has 0 radical (unpaired) electrons. The summed E-state index contributed by atoms with van der Waals surface area (Å²) >= 11 is 0. The maximum absolute atomic E-state index is 4.62. The molecule has 7 aromatic carbocycles. The molecule has 1 heteroatoms. The molecule has 0 aliphatic heterocycles. The van der Waals surface area contributed by atoms with Gasteiger partial charge in [-0.3, -0.25) is 4.98 Å². The Morgan fingerprint density at radius 2 is 0.875 bits per heavy atom. The van der Waals surface area contributed by atoms with Crippen LogP contribution in [0.4, 0.5) is 0 Å². The van der Waals surface area contributed by atoms with Crippen LogP contribution in [0.5, 0.6) is 0 Å². The molecular formula is C39H25N. The Morgan fingerprint density at radius 3 is 1.55 bits per heavy atom. The normalized spacial score (nSPS) is 11.5. The number of rotatable bonds is 3. The molecule has 0 saturated carbocycles. The van der Waals surface area contributed by atoms with Crippen LogP contribution in [0.3, 0.4) is 0 Å². The third kappa shape index (κ3) is 3.67. The molecule has 1 heterocycles. The summed E-state index contributed by atoms with van der Waals surface area (Å²) in [7, 11) is 0. The van der Waals surface area contributed by atoms with E-state index < -0.39 is 0 Å². The summed E-state index contributed by atoms with van der Waals surface area (Å²) in [6, 6.07) is 50.6. The third-order valence-electron chi connectivity index (χ3n) is 8.10. The van der Waals surface area contributed by atoms with Crippen LogP contribution in [-0.4, -0.2) is 4.98 Å². The second-order valence-corrected chi connectivity index (χ2v) is 10.4. The number of pyridine rings is 1. The summed E-state index contributed by atoms with van der Waals surface area (Å²) in [5, 5.41) is 9.85. The van der Waals surface area contributed by atoms with Gasteiger partial charge in [0.25, 0.3) is 0 Å². The van der Waals surface area contributed by atoms with Crippen LogP contribution >= 0.6 is 0 Å². The van der Waals surface area contributed by atoms with Crippen LogP contribution < -0.4 is 0 Å². The summed E-state index contributed by atoms with van der Waals surface area (Å²) in [6.45, 7) is 0. The van der Waals surface area contributed by atoms with Crippen molar-refractivity contribution in [2.45, 2.75) is 0 Å². The highest BCUT2D eigenvalue weighted by molar-refractivity contribution is 6.22. The van der Waals surface area contributed by atoms with Crippen molar-refractivity contribution in [3.63, 3.8) is 0 Å². The van der Waals surface area contributed by atoms with E-state index in [0.29, 0.717) is 0 Å². The van der Waals surface area contributed by atoms with Crippen LogP contribution in [0.1, 0.15) is 0 Å². The fourth-order valence-electron chi connectivity index (χ4n) is 6.19. The molecule has 0 fully saturated rings. The Morgan fingerprint density at radius 1 is 0.325 bits per heavy atom. The van der Waals surface area contributed by atoms with Crippen molar-refractivity contribution >= 4 is 43.1 Å². The van der Waals surface area contributed by atoms with Gasteiger partial charge in [-0.05, 0) is 95.3 Å². The van der Waals surface area contributed by atoms with E-state index in [-0.39, 0.29) is 0 Å². The highest BCUT2D eigenvalue weighted by Gasteiger charge is 2.18. The monoisotopic (exact) mass is 507 g/mol. The second-order valence-electron chi connectivity index (χ2n) is 10.4. The number of hydrogen-bond donors (Lipinski definition) is 0. The van der Waals surface area contributed by atoms with Gasteiger partial charge in [-0.1, -0.05) is 115 Å². The zero-order chi connectivity index (χ0) is 26.5. The molecule has 0 N–H and O–H groups in total. The smallest absolute Gasteiger partial charge is 0.0353 e. The van der Waals surface area contributed by atoms with Gasteiger partial charge in [0.2, 0.25) is 0 Å². The highest BCUT2D eigenvalue weighted by Crippen LogP contribution is 2.45. The quantitative estimate of drug-likeness (QED) is 0.217. The van der Waals surface area contributed by atoms with Crippen molar-refractivity contribution in [3.8, 4) is 33.4 Å². The largest absolute Gasteiger partial charge is 0.264 e. The maximum atomic E-state index is 4.62. The minimum Gasteiger partial charge on any atom is -0.264 e. The lowest BCUT2D eigenvalue weighted by molar-refractivity contribution is 1.37. The van der Waals surface area contributed by atoms with Gasteiger partial charge in [-0.2, -0.15) is 0 Å². The van der Waals surface area contributed by atoms with Crippen molar-refractivity contribution < 1.29 is 0 Å². The second kappa shape index (κ2) is 9.18. The van der Waals surface area contributed by atoms with Gasteiger partial charge in [0, 0.05) is 17.8 Å². The highest BCUT2D eigenvalue weighted by atomic mass is 14.6. The summed E-state index contributed by atoms with van der Waals surface area (Å²) in [5.74, 6) is 0. The fraction of sp³-hybridized carbons (Fsp3) is 0. The Labute approximate surface area is 233 Å². The molecule has 0 saturated heterocycles. The maximum Gasteiger partial charge on any atom is 0.0353 e. The lowest BCUT2D eigenvalue weighted by atomic mass is 9.85. The molecule has 0 amide bonds. The van der Waals surface area contributed by atoms with Crippen LogP contribution in [0.25, 0.3) is 76.5 Å². The average molecular weight is 508 g/mol. The predicted molar refractivity (Wildman–Crippen MR) is 171 cm³/mol. The summed E-state index contributed by atoms with van der Waals surface area (Å²) in [6.07, 6.45) is 3.96. The van der Waals surface area contributed by atoms with Crippen molar-refractivity contribution in [2.24, 2.45) is 0 Å². The fourth-order valence-corrected chi connectivity index (χ4v) is 6.19. The number of aromatic nitrogens is 1. The van der Waals surface area contributed by atoms with Crippen LogP contribution in [0, 0.1) is 0 Å². The Hall–Kier alpha value is -5.27. The van der Waals surface area contributed by atoms with Crippen molar-refractivity contribution in [3.05, 3.63) is 152 Å². The first-order chi connectivity index (χ1) is 19.8. The summed E-state index contributed by atoms with van der Waals surface area (Å²) in [4.78, 5) is 4.62. The van der Waals surface area contributed by atoms with E-state index in [9.17, 15) is 0 Å². The van der Waals surface area contributed by atoms with Gasteiger partial charge >= 0.3 is 0 Å². The molecule has 1 aromatic heterocycles. The lowest BCUT2D eigenvalue weighted by Crippen LogP contribution is -1.92. The van der Waals surface area contributed by atoms with E-state index in [2.05, 4.69) is 145 Å². The molecule has 1 nitrogen and oxygen atoms in total. The SMILES string of the molecule is c1ccc(-c2ccc3c(-c4ccc5ccccc5c4)c4cnccc4c(-c4ccc5ccccc5c4)c3c2)cc1. The van der Waals surface area contributed by atoms with E-state index in [0.717, 1.165) is 0 Å². The van der Waals surface area contributed by atoms with Gasteiger partial charge in [0.15, 0.2) is 0 Å². The van der Waals surface area contributed by atoms with E-state index in [1.54, 1.807) is 0 Å². The van der Waals surface area contributed by atoms with E-state index in [4.69, 9.17) is 0 Å². The zero-order valence-electron chi connectivity index (χ0n) is 21.9. The van der Waals surface area contributed by atoms with Crippen LogP contribution in [0.15, 0.2) is 152 Å². The summed E-state index contributed by atoms with van der Waals surface area (Å²) < 4.78 is 0. The van der Waals surface area contributed by atoms with Gasteiger partial charge < -0.3 is 0 Å². The minimum absolute atomic E-state index is 1.17. The number of fused-ring (bicyclic) bond motifs is 4. The molecular weight excluding hydrogens is 482 g/mol. The van der Waals surface area contributed by atoms with Crippen LogP contribution in [0.2, 0.25) is 0 Å². The molecule has 8 rings (SSSR count). The molecule has 0 unspecified atom stereocenters. The van der Waals surface area contributed by atoms with Gasteiger partial charge in [-0.25, -0.2) is 0 Å². The van der Waals surface area contributed by atoms with Gasteiger partial charge in [0.1, 0.15) is 0 Å². The van der Waals surface area contributed by atoms with E-state index in [1.807, 2.05) is 12.4 Å². The first-order valence-electron chi connectivity index (χ1n) is 13.7. The molecule has 40 heavy (non-hydrogen) atoms. The van der Waals surface area contributed by atoms with Crippen molar-refractivity contribution in [1.82, 2.24) is 4.98 Å². The first-order valence-corrected chi connectivity index (χ1v) is 13.7.